The van der Waals surface area contributed by atoms with Gasteiger partial charge in [-0.25, -0.2) is 0 Å². The zero-order valence-corrected chi connectivity index (χ0v) is 15.5. The van der Waals surface area contributed by atoms with E-state index in [1.54, 1.807) is 12.1 Å². The molecule has 1 amide bonds. The fourth-order valence-electron chi connectivity index (χ4n) is 3.11. The number of nitrogens with one attached hydrogen (secondary N) is 1. The van der Waals surface area contributed by atoms with Gasteiger partial charge < -0.3 is 14.8 Å². The molecule has 7 heteroatoms. The SMILES string of the molecule is O=C(Nc1ccc(OC(F)F)cc1)C1(c2ccc(Br)cc2)CCOCC1. The molecule has 1 N–H and O–H groups in total. The van der Waals surface area contributed by atoms with Crippen LogP contribution in [-0.2, 0) is 14.9 Å². The summed E-state index contributed by atoms with van der Waals surface area (Å²) in [6, 6.07) is 13.6. The van der Waals surface area contributed by atoms with Crippen LogP contribution in [0.15, 0.2) is 53.0 Å². The molecule has 1 aliphatic rings. The molecule has 1 fully saturated rings. The lowest BCUT2D eigenvalue weighted by atomic mass is 9.73. The van der Waals surface area contributed by atoms with Gasteiger partial charge in [-0.15, -0.1) is 0 Å². The summed E-state index contributed by atoms with van der Waals surface area (Å²) in [6.07, 6.45) is 1.15. The molecule has 138 valence electrons. The zero-order valence-electron chi connectivity index (χ0n) is 13.9. The van der Waals surface area contributed by atoms with Gasteiger partial charge >= 0.3 is 6.61 Å². The summed E-state index contributed by atoms with van der Waals surface area (Å²) in [4.78, 5) is 13.1. The monoisotopic (exact) mass is 425 g/mol. The lowest BCUT2D eigenvalue weighted by molar-refractivity contribution is -0.125. The first kappa shape index (κ1) is 18.8. The van der Waals surface area contributed by atoms with Gasteiger partial charge in [0.25, 0.3) is 0 Å². The fraction of sp³-hybridized carbons (Fsp3) is 0.316. The molecule has 2 aromatic carbocycles. The topological polar surface area (TPSA) is 47.6 Å². The van der Waals surface area contributed by atoms with Crippen molar-refractivity contribution in [2.75, 3.05) is 18.5 Å². The minimum Gasteiger partial charge on any atom is -0.435 e. The van der Waals surface area contributed by atoms with E-state index in [0.717, 1.165) is 10.0 Å². The van der Waals surface area contributed by atoms with E-state index in [-0.39, 0.29) is 11.7 Å². The normalized spacial score (nSPS) is 16.3. The third kappa shape index (κ3) is 4.22. The minimum absolute atomic E-state index is 0.0479. The number of carbonyl (C=O) groups is 1. The molecule has 0 atom stereocenters. The number of alkyl halides is 2. The molecule has 0 spiro atoms. The first-order chi connectivity index (χ1) is 12.5. The van der Waals surface area contributed by atoms with Crippen molar-refractivity contribution in [3.63, 3.8) is 0 Å². The highest BCUT2D eigenvalue weighted by Gasteiger charge is 2.41. The summed E-state index contributed by atoms with van der Waals surface area (Å²) in [5.41, 5.74) is 0.774. The highest BCUT2D eigenvalue weighted by Crippen LogP contribution is 2.37. The smallest absolute Gasteiger partial charge is 0.387 e. The lowest BCUT2D eigenvalue weighted by Crippen LogP contribution is -2.44. The van der Waals surface area contributed by atoms with Gasteiger partial charge in [0.15, 0.2) is 0 Å². The Labute approximate surface area is 158 Å². The van der Waals surface area contributed by atoms with Crippen LogP contribution in [0, 0.1) is 0 Å². The maximum absolute atomic E-state index is 13.1. The molecule has 0 bridgehead atoms. The summed E-state index contributed by atoms with van der Waals surface area (Å²) >= 11 is 3.41. The second-order valence-electron chi connectivity index (χ2n) is 6.06. The first-order valence-electron chi connectivity index (χ1n) is 8.20. The number of rotatable bonds is 5. The van der Waals surface area contributed by atoms with E-state index in [1.807, 2.05) is 24.3 Å². The molecule has 3 rings (SSSR count). The van der Waals surface area contributed by atoms with Crippen molar-refractivity contribution in [3.8, 4) is 5.75 Å². The zero-order chi connectivity index (χ0) is 18.6. The Balaban J connectivity index is 1.81. The van der Waals surface area contributed by atoms with E-state index < -0.39 is 12.0 Å². The Morgan fingerprint density at radius 1 is 1.08 bits per heavy atom. The molecule has 2 aromatic rings. The van der Waals surface area contributed by atoms with Gasteiger partial charge in [-0.1, -0.05) is 28.1 Å². The molecule has 1 aliphatic heterocycles. The van der Waals surface area contributed by atoms with Crippen molar-refractivity contribution >= 4 is 27.5 Å². The number of amides is 1. The van der Waals surface area contributed by atoms with E-state index in [9.17, 15) is 13.6 Å². The standard InChI is InChI=1S/C19H18BrF2NO3/c20-14-3-1-13(2-4-14)19(9-11-25-12-10-19)17(24)23-15-5-7-16(8-6-15)26-18(21)22/h1-8,18H,9-12H2,(H,23,24). The van der Waals surface area contributed by atoms with Crippen LogP contribution in [0.5, 0.6) is 5.75 Å². The van der Waals surface area contributed by atoms with Gasteiger partial charge in [0.1, 0.15) is 5.75 Å². The number of hydrogen-bond acceptors (Lipinski definition) is 3. The molecule has 0 aliphatic carbocycles. The summed E-state index contributed by atoms with van der Waals surface area (Å²) in [7, 11) is 0. The van der Waals surface area contributed by atoms with Crippen molar-refractivity contribution in [3.05, 3.63) is 58.6 Å². The van der Waals surface area contributed by atoms with Crippen LogP contribution in [0.25, 0.3) is 0 Å². The second kappa shape index (κ2) is 8.14. The number of halogens is 3. The van der Waals surface area contributed by atoms with E-state index in [2.05, 4.69) is 26.0 Å². The predicted molar refractivity (Wildman–Crippen MR) is 97.6 cm³/mol. The summed E-state index contributed by atoms with van der Waals surface area (Å²) in [6.45, 7) is -1.87. The Morgan fingerprint density at radius 2 is 1.69 bits per heavy atom. The molecular weight excluding hydrogens is 408 g/mol. The van der Waals surface area contributed by atoms with Gasteiger partial charge in [-0.05, 0) is 54.8 Å². The quantitative estimate of drug-likeness (QED) is 0.752. The van der Waals surface area contributed by atoms with Crippen LogP contribution >= 0.6 is 15.9 Å². The van der Waals surface area contributed by atoms with Crippen molar-refractivity contribution in [2.45, 2.75) is 24.9 Å². The van der Waals surface area contributed by atoms with Gasteiger partial charge in [-0.3, -0.25) is 4.79 Å². The molecule has 0 unspecified atom stereocenters. The van der Waals surface area contributed by atoms with Crippen LogP contribution in [0.3, 0.4) is 0 Å². The highest BCUT2D eigenvalue weighted by atomic mass is 79.9. The number of hydrogen-bond donors (Lipinski definition) is 1. The van der Waals surface area contributed by atoms with E-state index >= 15 is 0 Å². The number of carbonyl (C=O) groups excluding carboxylic acids is 1. The summed E-state index contributed by atoms with van der Waals surface area (Å²) < 4.78 is 35.2. The molecule has 1 saturated heterocycles. The fourth-order valence-corrected chi connectivity index (χ4v) is 3.37. The average Bonchev–Trinajstić information content (AvgIpc) is 2.64. The lowest BCUT2D eigenvalue weighted by Gasteiger charge is -2.36. The predicted octanol–water partition coefficient (Wildman–Crippen LogP) is 4.74. The van der Waals surface area contributed by atoms with Crippen LogP contribution in [0.4, 0.5) is 14.5 Å². The van der Waals surface area contributed by atoms with Crippen molar-refractivity contribution < 1.29 is 23.0 Å². The highest BCUT2D eigenvalue weighted by molar-refractivity contribution is 9.10. The largest absolute Gasteiger partial charge is 0.435 e. The maximum atomic E-state index is 13.1. The van der Waals surface area contributed by atoms with Gasteiger partial charge in [0, 0.05) is 23.4 Å². The molecular formula is C19H18BrF2NO3. The summed E-state index contributed by atoms with van der Waals surface area (Å²) in [5, 5.41) is 2.90. The van der Waals surface area contributed by atoms with Crippen LogP contribution in [0.2, 0.25) is 0 Å². The van der Waals surface area contributed by atoms with Crippen molar-refractivity contribution in [1.29, 1.82) is 0 Å². The maximum Gasteiger partial charge on any atom is 0.387 e. The number of anilines is 1. The van der Waals surface area contributed by atoms with Crippen molar-refractivity contribution in [1.82, 2.24) is 0 Å². The molecule has 1 heterocycles. The third-order valence-electron chi connectivity index (χ3n) is 4.52. The van der Waals surface area contributed by atoms with Gasteiger partial charge in [0.2, 0.25) is 5.91 Å². The summed E-state index contributed by atoms with van der Waals surface area (Å²) in [5.74, 6) is -0.0858. The Morgan fingerprint density at radius 3 is 2.27 bits per heavy atom. The third-order valence-corrected chi connectivity index (χ3v) is 5.04. The molecule has 0 saturated carbocycles. The van der Waals surface area contributed by atoms with Crippen LogP contribution in [-0.4, -0.2) is 25.7 Å². The van der Waals surface area contributed by atoms with Gasteiger partial charge in [0.05, 0.1) is 5.41 Å². The van der Waals surface area contributed by atoms with E-state index in [1.165, 1.54) is 12.1 Å². The molecule has 4 nitrogen and oxygen atoms in total. The molecule has 0 aromatic heterocycles. The van der Waals surface area contributed by atoms with E-state index in [0.29, 0.717) is 31.7 Å². The van der Waals surface area contributed by atoms with Crippen LogP contribution < -0.4 is 10.1 Å². The van der Waals surface area contributed by atoms with Crippen LogP contribution in [0.1, 0.15) is 18.4 Å². The van der Waals surface area contributed by atoms with Crippen molar-refractivity contribution in [2.24, 2.45) is 0 Å². The van der Waals surface area contributed by atoms with E-state index in [4.69, 9.17) is 4.74 Å². The molecule has 26 heavy (non-hydrogen) atoms. The number of benzene rings is 2. The van der Waals surface area contributed by atoms with Gasteiger partial charge in [-0.2, -0.15) is 8.78 Å². The number of ether oxygens (including phenoxy) is 2. The first-order valence-corrected chi connectivity index (χ1v) is 8.99. The second-order valence-corrected chi connectivity index (χ2v) is 6.97. The Hall–Kier alpha value is -1.99. The minimum atomic E-state index is -2.88. The average molecular weight is 426 g/mol. The Bertz CT molecular complexity index is 744. The Kier molecular flexibility index (Phi) is 5.88. The molecule has 0 radical (unpaired) electrons.